The van der Waals surface area contributed by atoms with Gasteiger partial charge in [-0.3, -0.25) is 15.1 Å². The highest BCUT2D eigenvalue weighted by Crippen LogP contribution is 2.14. The second kappa shape index (κ2) is 13.2. The number of benzene rings is 1. The lowest BCUT2D eigenvalue weighted by Crippen LogP contribution is -2.47. The number of rotatable bonds is 12. The molecule has 0 spiro atoms. The van der Waals surface area contributed by atoms with Gasteiger partial charge in [0.05, 0.1) is 0 Å². The van der Waals surface area contributed by atoms with Crippen LogP contribution in [0.5, 0.6) is 5.75 Å². The van der Waals surface area contributed by atoms with Crippen LogP contribution in [0.25, 0.3) is 0 Å². The van der Waals surface area contributed by atoms with E-state index in [1.54, 1.807) is 0 Å². The lowest BCUT2D eigenvalue weighted by atomic mass is 10.1. The fourth-order valence-corrected chi connectivity index (χ4v) is 2.89. The smallest absolute Gasteiger partial charge is 0.338 e. The quantitative estimate of drug-likeness (QED) is 0.223. The van der Waals surface area contributed by atoms with Gasteiger partial charge >= 0.3 is 6.03 Å². The van der Waals surface area contributed by atoms with Crippen molar-refractivity contribution in [2.24, 2.45) is 5.84 Å². The number of hydrogen-bond acceptors (Lipinski definition) is 4. The molecule has 3 amide bonds. The van der Waals surface area contributed by atoms with E-state index in [1.165, 1.54) is 69.2 Å². The maximum absolute atomic E-state index is 12.5. The van der Waals surface area contributed by atoms with Crippen molar-refractivity contribution in [1.82, 2.24) is 10.3 Å². The second-order valence-corrected chi connectivity index (χ2v) is 6.64. The molecule has 0 fully saturated rings. The number of urea groups is 1. The van der Waals surface area contributed by atoms with Gasteiger partial charge in [0.1, 0.15) is 5.75 Å². The second-order valence-electron chi connectivity index (χ2n) is 6.64. The molecule has 0 atom stereocenters. The number of nitrogens with one attached hydrogen (secondary N) is 1. The third kappa shape index (κ3) is 8.34. The molecule has 146 valence electrons. The van der Waals surface area contributed by atoms with Gasteiger partial charge in [0.15, 0.2) is 0 Å². The fraction of sp³-hybridized carbons (Fsp3) is 0.600. The molecular weight excluding hydrogens is 330 g/mol. The van der Waals surface area contributed by atoms with Crippen LogP contribution in [0.3, 0.4) is 0 Å². The first-order chi connectivity index (χ1) is 12.6. The summed E-state index contributed by atoms with van der Waals surface area (Å²) in [6.45, 7) is 2.56. The van der Waals surface area contributed by atoms with Crippen LogP contribution in [0.15, 0.2) is 24.3 Å². The Morgan fingerprint density at radius 1 is 0.923 bits per heavy atom. The molecule has 0 saturated carbocycles. The van der Waals surface area contributed by atoms with Crippen LogP contribution in [0, 0.1) is 0 Å². The average molecular weight is 364 g/mol. The van der Waals surface area contributed by atoms with Crippen molar-refractivity contribution < 1.29 is 14.7 Å². The minimum atomic E-state index is -0.612. The van der Waals surface area contributed by atoms with E-state index >= 15 is 0 Å². The Morgan fingerprint density at radius 2 is 1.42 bits per heavy atom. The standard InChI is InChI=1S/C20H33N3O3/c1-2-3-4-5-6-7-8-9-10-11-16-23(20(26)22-21)19(25)17-12-14-18(24)15-13-17/h12-15,24H,2-11,16,21H2,1H3,(H,22,26). The number of nitrogens with zero attached hydrogens (tertiary/aromatic N) is 1. The van der Waals surface area contributed by atoms with Crippen molar-refractivity contribution in [2.75, 3.05) is 6.54 Å². The van der Waals surface area contributed by atoms with E-state index in [1.807, 2.05) is 5.43 Å². The number of phenols is 1. The highest BCUT2D eigenvalue weighted by molar-refractivity contribution is 6.04. The lowest BCUT2D eigenvalue weighted by Gasteiger charge is -2.20. The van der Waals surface area contributed by atoms with E-state index in [2.05, 4.69) is 6.92 Å². The average Bonchev–Trinajstić information content (AvgIpc) is 2.66. The molecule has 1 aromatic rings. The molecule has 26 heavy (non-hydrogen) atoms. The molecule has 0 radical (unpaired) electrons. The summed E-state index contributed by atoms with van der Waals surface area (Å²) in [4.78, 5) is 25.5. The van der Waals surface area contributed by atoms with E-state index in [0.29, 0.717) is 12.1 Å². The molecule has 1 aromatic carbocycles. The van der Waals surface area contributed by atoms with Gasteiger partial charge in [-0.25, -0.2) is 10.6 Å². The Kier molecular flexibility index (Phi) is 11.1. The number of aromatic hydroxyl groups is 1. The summed E-state index contributed by atoms with van der Waals surface area (Å²) in [5.74, 6) is 4.86. The topological polar surface area (TPSA) is 95.7 Å². The van der Waals surface area contributed by atoms with Gasteiger partial charge in [0.25, 0.3) is 5.91 Å². The molecule has 0 aliphatic rings. The summed E-state index contributed by atoms with van der Waals surface area (Å²) in [5, 5.41) is 9.31. The minimum Gasteiger partial charge on any atom is -0.508 e. The number of nitrogens with two attached hydrogens (primary N) is 1. The van der Waals surface area contributed by atoms with Crippen molar-refractivity contribution in [3.8, 4) is 5.75 Å². The lowest BCUT2D eigenvalue weighted by molar-refractivity contribution is 0.0798. The number of hydrogen-bond donors (Lipinski definition) is 3. The molecule has 1 rings (SSSR count). The zero-order valence-corrected chi connectivity index (χ0v) is 15.9. The molecule has 0 saturated heterocycles. The van der Waals surface area contributed by atoms with Crippen molar-refractivity contribution in [1.29, 1.82) is 0 Å². The molecule has 0 unspecified atom stereocenters. The van der Waals surface area contributed by atoms with Gasteiger partial charge in [-0.05, 0) is 30.7 Å². The van der Waals surface area contributed by atoms with Crippen LogP contribution in [-0.4, -0.2) is 28.5 Å². The van der Waals surface area contributed by atoms with Crippen LogP contribution in [0.4, 0.5) is 4.79 Å². The van der Waals surface area contributed by atoms with Crippen LogP contribution < -0.4 is 11.3 Å². The molecule has 0 aromatic heterocycles. The fourth-order valence-electron chi connectivity index (χ4n) is 2.89. The Hall–Kier alpha value is -2.08. The monoisotopic (exact) mass is 363 g/mol. The van der Waals surface area contributed by atoms with Crippen LogP contribution in [0.1, 0.15) is 81.5 Å². The van der Waals surface area contributed by atoms with E-state index in [9.17, 15) is 14.7 Å². The van der Waals surface area contributed by atoms with E-state index in [0.717, 1.165) is 24.2 Å². The van der Waals surface area contributed by atoms with Gasteiger partial charge in [0, 0.05) is 12.1 Å². The Morgan fingerprint density at radius 3 is 1.92 bits per heavy atom. The van der Waals surface area contributed by atoms with Crippen LogP contribution >= 0.6 is 0 Å². The predicted molar refractivity (Wildman–Crippen MR) is 104 cm³/mol. The highest BCUT2D eigenvalue weighted by atomic mass is 16.3. The molecule has 6 heteroatoms. The summed E-state index contributed by atoms with van der Waals surface area (Å²) in [6.07, 6.45) is 11.8. The Balaban J connectivity index is 2.31. The number of carbonyl (C=O) groups is 2. The maximum atomic E-state index is 12.5. The summed E-state index contributed by atoms with van der Waals surface area (Å²) >= 11 is 0. The molecule has 0 aliphatic carbocycles. The number of imide groups is 1. The molecular formula is C20H33N3O3. The van der Waals surface area contributed by atoms with Crippen molar-refractivity contribution in [3.05, 3.63) is 29.8 Å². The SMILES string of the molecule is CCCCCCCCCCCCN(C(=O)NN)C(=O)c1ccc(O)cc1. The van der Waals surface area contributed by atoms with Crippen molar-refractivity contribution in [3.63, 3.8) is 0 Å². The normalized spacial score (nSPS) is 10.5. The molecule has 6 nitrogen and oxygen atoms in total. The van der Waals surface area contributed by atoms with Gasteiger partial charge < -0.3 is 5.11 Å². The molecule has 0 aliphatic heterocycles. The van der Waals surface area contributed by atoms with Crippen molar-refractivity contribution >= 4 is 11.9 Å². The Bertz CT molecular complexity index is 532. The first-order valence-corrected chi connectivity index (χ1v) is 9.71. The number of carbonyl (C=O) groups excluding carboxylic acids is 2. The van der Waals surface area contributed by atoms with Gasteiger partial charge in [-0.1, -0.05) is 64.7 Å². The molecule has 0 bridgehead atoms. The Labute approximate surface area is 156 Å². The third-order valence-corrected chi connectivity index (χ3v) is 4.46. The summed E-state index contributed by atoms with van der Waals surface area (Å²) in [7, 11) is 0. The van der Waals surface area contributed by atoms with Crippen LogP contribution in [0.2, 0.25) is 0 Å². The van der Waals surface area contributed by atoms with Crippen molar-refractivity contribution in [2.45, 2.75) is 71.1 Å². The van der Waals surface area contributed by atoms with E-state index < -0.39 is 11.9 Å². The number of phenolic OH excluding ortho intramolecular Hbond substituents is 1. The maximum Gasteiger partial charge on any atom is 0.338 e. The number of hydrazine groups is 1. The largest absolute Gasteiger partial charge is 0.508 e. The molecule has 0 heterocycles. The number of amides is 3. The number of unbranched alkanes of at least 4 members (excludes halogenated alkanes) is 9. The van der Waals surface area contributed by atoms with E-state index in [4.69, 9.17) is 5.84 Å². The van der Waals surface area contributed by atoms with Gasteiger partial charge in [0.2, 0.25) is 0 Å². The summed E-state index contributed by atoms with van der Waals surface area (Å²) < 4.78 is 0. The first-order valence-electron chi connectivity index (χ1n) is 9.71. The predicted octanol–water partition coefficient (Wildman–Crippen LogP) is 4.34. The molecule has 4 N–H and O–H groups in total. The summed E-state index contributed by atoms with van der Waals surface area (Å²) in [6, 6.07) is 5.22. The van der Waals surface area contributed by atoms with Gasteiger partial charge in [-0.2, -0.15) is 0 Å². The van der Waals surface area contributed by atoms with Crippen LogP contribution in [-0.2, 0) is 0 Å². The summed E-state index contributed by atoms with van der Waals surface area (Å²) in [5.41, 5.74) is 2.38. The first kappa shape index (κ1) is 22.0. The van der Waals surface area contributed by atoms with E-state index in [-0.39, 0.29) is 5.75 Å². The highest BCUT2D eigenvalue weighted by Gasteiger charge is 2.21. The minimum absolute atomic E-state index is 0.0751. The zero-order chi connectivity index (χ0) is 19.2. The zero-order valence-electron chi connectivity index (χ0n) is 15.9. The third-order valence-electron chi connectivity index (χ3n) is 4.46. The van der Waals surface area contributed by atoms with Gasteiger partial charge in [-0.15, -0.1) is 0 Å².